The molecule has 7 heteroatoms. The highest BCUT2D eigenvalue weighted by Crippen LogP contribution is 2.23. The van der Waals surface area contributed by atoms with Crippen molar-refractivity contribution >= 4 is 35.6 Å². The second-order valence-electron chi connectivity index (χ2n) is 5.16. The van der Waals surface area contributed by atoms with Gasteiger partial charge in [-0.2, -0.15) is 0 Å². The van der Waals surface area contributed by atoms with Crippen molar-refractivity contribution in [3.63, 3.8) is 0 Å². The second-order valence-corrected chi connectivity index (χ2v) is 5.16. The first kappa shape index (κ1) is 18.4. The summed E-state index contributed by atoms with van der Waals surface area (Å²) in [5.41, 5.74) is 2.21. The van der Waals surface area contributed by atoms with E-state index in [1.807, 2.05) is 19.9 Å². The third kappa shape index (κ3) is 4.43. The Morgan fingerprint density at radius 2 is 1.91 bits per heavy atom. The molecule has 0 aliphatic carbocycles. The minimum atomic E-state index is -0.373. The zero-order valence-electron chi connectivity index (χ0n) is 12.9. The van der Waals surface area contributed by atoms with Gasteiger partial charge in [0.1, 0.15) is 6.04 Å². The van der Waals surface area contributed by atoms with Crippen molar-refractivity contribution in [1.29, 1.82) is 0 Å². The number of hydrogen-bond acceptors (Lipinski definition) is 4. The van der Waals surface area contributed by atoms with Gasteiger partial charge in [0, 0.05) is 24.8 Å². The van der Waals surface area contributed by atoms with Crippen molar-refractivity contribution in [2.24, 2.45) is 0 Å². The van der Waals surface area contributed by atoms with Crippen LogP contribution in [0.3, 0.4) is 0 Å². The highest BCUT2D eigenvalue weighted by molar-refractivity contribution is 5.98. The molecule has 0 bridgehead atoms. The first-order valence-corrected chi connectivity index (χ1v) is 7.02. The summed E-state index contributed by atoms with van der Waals surface area (Å²) in [6, 6.07) is 5.04. The lowest BCUT2D eigenvalue weighted by atomic mass is 10.1. The van der Waals surface area contributed by atoms with Crippen LogP contribution in [-0.2, 0) is 14.3 Å². The molecule has 0 spiro atoms. The molecular formula is C15H22ClN3O3. The summed E-state index contributed by atoms with van der Waals surface area (Å²) in [4.78, 5) is 23.5. The number of carbonyl (C=O) groups excluding carboxylic acids is 2. The maximum atomic E-state index is 12.3. The number of nitrogens with one attached hydrogen (secondary N) is 3. The average molecular weight is 328 g/mol. The van der Waals surface area contributed by atoms with Gasteiger partial charge in [-0.05, 0) is 31.5 Å². The fraction of sp³-hybridized carbons (Fsp3) is 0.467. The van der Waals surface area contributed by atoms with Gasteiger partial charge in [0.2, 0.25) is 11.8 Å². The van der Waals surface area contributed by atoms with Crippen LogP contribution in [0, 0.1) is 6.92 Å². The van der Waals surface area contributed by atoms with Crippen LogP contribution in [0.4, 0.5) is 11.4 Å². The Morgan fingerprint density at radius 3 is 2.50 bits per heavy atom. The molecule has 1 aromatic carbocycles. The lowest BCUT2D eigenvalue weighted by Gasteiger charge is -2.29. The summed E-state index contributed by atoms with van der Waals surface area (Å²) in [7, 11) is 0. The van der Waals surface area contributed by atoms with Gasteiger partial charge in [0.25, 0.3) is 0 Å². The van der Waals surface area contributed by atoms with Gasteiger partial charge >= 0.3 is 0 Å². The molecule has 2 amide bonds. The molecular weight excluding hydrogens is 306 g/mol. The quantitative estimate of drug-likeness (QED) is 0.789. The molecule has 1 saturated heterocycles. The third-order valence-electron chi connectivity index (χ3n) is 3.50. The first-order valence-electron chi connectivity index (χ1n) is 7.02. The summed E-state index contributed by atoms with van der Waals surface area (Å²) < 4.78 is 5.48. The van der Waals surface area contributed by atoms with E-state index in [-0.39, 0.29) is 36.4 Å². The number of halogens is 1. The smallest absolute Gasteiger partial charge is 0.244 e. The minimum Gasteiger partial charge on any atom is -0.375 e. The van der Waals surface area contributed by atoms with Crippen molar-refractivity contribution in [3.8, 4) is 0 Å². The summed E-state index contributed by atoms with van der Waals surface area (Å²) in [6.07, 6.45) is -0.169. The molecule has 1 heterocycles. The number of amides is 2. The van der Waals surface area contributed by atoms with Crippen molar-refractivity contribution in [2.75, 3.05) is 23.8 Å². The van der Waals surface area contributed by atoms with Crippen molar-refractivity contribution < 1.29 is 14.3 Å². The van der Waals surface area contributed by atoms with E-state index < -0.39 is 0 Å². The normalized spacial score (nSPS) is 20.7. The number of morpholine rings is 1. The summed E-state index contributed by atoms with van der Waals surface area (Å²) in [5, 5.41) is 8.78. The molecule has 2 atom stereocenters. The number of ether oxygens (including phenoxy) is 1. The van der Waals surface area contributed by atoms with Gasteiger partial charge in [-0.3, -0.25) is 9.59 Å². The van der Waals surface area contributed by atoms with E-state index >= 15 is 0 Å². The Balaban J connectivity index is 0.00000242. The molecule has 122 valence electrons. The maximum Gasteiger partial charge on any atom is 0.244 e. The molecule has 0 radical (unpaired) electrons. The molecule has 0 aromatic heterocycles. The number of carbonyl (C=O) groups is 2. The monoisotopic (exact) mass is 327 g/mol. The number of hydrogen-bond donors (Lipinski definition) is 3. The van der Waals surface area contributed by atoms with Crippen LogP contribution in [0.5, 0.6) is 0 Å². The van der Waals surface area contributed by atoms with E-state index in [0.717, 1.165) is 5.56 Å². The Kier molecular flexibility index (Phi) is 6.80. The van der Waals surface area contributed by atoms with Gasteiger partial charge in [0.15, 0.2) is 0 Å². The Labute approximate surface area is 136 Å². The van der Waals surface area contributed by atoms with Gasteiger partial charge in [-0.25, -0.2) is 0 Å². The fourth-order valence-electron chi connectivity index (χ4n) is 2.33. The Bertz CT molecular complexity index is 551. The Morgan fingerprint density at radius 1 is 1.27 bits per heavy atom. The van der Waals surface area contributed by atoms with E-state index in [2.05, 4.69) is 16.0 Å². The van der Waals surface area contributed by atoms with Crippen molar-refractivity contribution in [2.45, 2.75) is 32.9 Å². The highest BCUT2D eigenvalue weighted by atomic mass is 35.5. The topological polar surface area (TPSA) is 79.5 Å². The molecule has 3 N–H and O–H groups in total. The largest absolute Gasteiger partial charge is 0.375 e. The lowest BCUT2D eigenvalue weighted by Crippen LogP contribution is -2.53. The van der Waals surface area contributed by atoms with E-state index in [1.165, 1.54) is 6.92 Å². The number of rotatable bonds is 3. The minimum absolute atomic E-state index is 0. The van der Waals surface area contributed by atoms with E-state index in [9.17, 15) is 9.59 Å². The fourth-order valence-corrected chi connectivity index (χ4v) is 2.33. The summed E-state index contributed by atoms with van der Waals surface area (Å²) in [5.74, 6) is -0.275. The van der Waals surface area contributed by atoms with Gasteiger partial charge in [-0.15, -0.1) is 12.4 Å². The SMILES string of the molecule is CC(=O)Nc1cccc(NC(=O)[C@H]2NCCO[C@@H]2C)c1C.Cl. The molecule has 6 nitrogen and oxygen atoms in total. The molecule has 0 saturated carbocycles. The predicted octanol–water partition coefficient (Wildman–Crippen LogP) is 1.69. The molecule has 1 fully saturated rings. The Hall–Kier alpha value is -1.63. The first-order chi connectivity index (χ1) is 9.99. The second kappa shape index (κ2) is 8.12. The maximum absolute atomic E-state index is 12.3. The van der Waals surface area contributed by atoms with Crippen LogP contribution in [-0.4, -0.2) is 37.1 Å². The predicted molar refractivity (Wildman–Crippen MR) is 88.6 cm³/mol. The third-order valence-corrected chi connectivity index (χ3v) is 3.50. The zero-order chi connectivity index (χ0) is 15.4. The van der Waals surface area contributed by atoms with Crippen LogP contribution in [0.15, 0.2) is 18.2 Å². The molecule has 0 unspecified atom stereocenters. The van der Waals surface area contributed by atoms with E-state index in [0.29, 0.717) is 24.5 Å². The van der Waals surface area contributed by atoms with Gasteiger partial charge in [-0.1, -0.05) is 6.07 Å². The van der Waals surface area contributed by atoms with Crippen LogP contribution in [0.1, 0.15) is 19.4 Å². The van der Waals surface area contributed by atoms with Crippen molar-refractivity contribution in [1.82, 2.24) is 5.32 Å². The van der Waals surface area contributed by atoms with Gasteiger partial charge in [0.05, 0.1) is 12.7 Å². The molecule has 1 aliphatic rings. The van der Waals surface area contributed by atoms with Crippen LogP contribution in [0.2, 0.25) is 0 Å². The highest BCUT2D eigenvalue weighted by Gasteiger charge is 2.28. The van der Waals surface area contributed by atoms with E-state index in [4.69, 9.17) is 4.74 Å². The standard InChI is InChI=1S/C15H21N3O3.ClH/c1-9-12(17-11(3)19)5-4-6-13(9)18-15(20)14-10(2)21-8-7-16-14;/h4-6,10,14,16H,7-8H2,1-3H3,(H,17,19)(H,18,20);1H/t10-,14+;/m1./s1. The molecule has 22 heavy (non-hydrogen) atoms. The van der Waals surface area contributed by atoms with E-state index in [1.54, 1.807) is 12.1 Å². The summed E-state index contributed by atoms with van der Waals surface area (Å²) >= 11 is 0. The van der Waals surface area contributed by atoms with Crippen LogP contribution in [0.25, 0.3) is 0 Å². The van der Waals surface area contributed by atoms with Crippen LogP contribution < -0.4 is 16.0 Å². The molecule has 1 aliphatic heterocycles. The summed E-state index contributed by atoms with van der Waals surface area (Å²) in [6.45, 7) is 6.46. The lowest BCUT2D eigenvalue weighted by molar-refractivity contribution is -0.123. The number of benzene rings is 1. The zero-order valence-corrected chi connectivity index (χ0v) is 13.8. The molecule has 1 aromatic rings. The van der Waals surface area contributed by atoms with Gasteiger partial charge < -0.3 is 20.7 Å². The van der Waals surface area contributed by atoms with Crippen LogP contribution >= 0.6 is 12.4 Å². The van der Waals surface area contributed by atoms with Crippen molar-refractivity contribution in [3.05, 3.63) is 23.8 Å². The number of anilines is 2. The molecule has 2 rings (SSSR count). The average Bonchev–Trinajstić information content (AvgIpc) is 2.43.